The molecule has 0 radical (unpaired) electrons. The second-order valence-electron chi connectivity index (χ2n) is 3.07. The van der Waals surface area contributed by atoms with E-state index < -0.39 is 0 Å². The Kier molecular flexibility index (Phi) is 4.66. The molecule has 0 aromatic heterocycles. The monoisotopic (exact) mass is 273 g/mol. The van der Waals surface area contributed by atoms with Gasteiger partial charge in [0.1, 0.15) is 0 Å². The van der Waals surface area contributed by atoms with Gasteiger partial charge in [0, 0.05) is 15.5 Å². The van der Waals surface area contributed by atoms with E-state index in [1.165, 1.54) is 5.56 Å². The van der Waals surface area contributed by atoms with Crippen molar-refractivity contribution >= 4 is 27.5 Å². The number of rotatable bonds is 4. The van der Waals surface area contributed by atoms with Crippen molar-refractivity contribution in [2.45, 2.75) is 12.5 Å². The zero-order valence-electron chi connectivity index (χ0n) is 8.06. The third-order valence-electron chi connectivity index (χ3n) is 2.04. The summed E-state index contributed by atoms with van der Waals surface area (Å²) >= 11 is 9.39. The quantitative estimate of drug-likeness (QED) is 0.820. The third-order valence-corrected chi connectivity index (χ3v) is 2.71. The number of hydrogen-bond acceptors (Lipinski definition) is 1. The lowest BCUT2D eigenvalue weighted by atomic mass is 10.0. The van der Waals surface area contributed by atoms with Gasteiger partial charge in [-0.3, -0.25) is 0 Å². The van der Waals surface area contributed by atoms with Gasteiger partial charge in [0.15, 0.2) is 0 Å². The maximum absolute atomic E-state index is 5.97. The van der Waals surface area contributed by atoms with Gasteiger partial charge in [0.05, 0.1) is 0 Å². The first-order valence-corrected chi connectivity index (χ1v) is 5.58. The molecule has 0 saturated carbocycles. The molecule has 0 fully saturated rings. The molecule has 0 bridgehead atoms. The Morgan fingerprint density at radius 1 is 1.57 bits per heavy atom. The summed E-state index contributed by atoms with van der Waals surface area (Å²) in [6.07, 6.45) is 2.79. The van der Waals surface area contributed by atoms with Crippen LogP contribution in [0, 0.1) is 0 Å². The van der Waals surface area contributed by atoms with Gasteiger partial charge in [-0.25, -0.2) is 0 Å². The largest absolute Gasteiger partial charge is 0.313 e. The fourth-order valence-corrected chi connectivity index (χ4v) is 2.25. The zero-order chi connectivity index (χ0) is 10.6. The van der Waals surface area contributed by atoms with Crippen molar-refractivity contribution in [2.75, 3.05) is 7.05 Å². The van der Waals surface area contributed by atoms with Crippen LogP contribution in [0.5, 0.6) is 0 Å². The molecular weight excluding hydrogens is 261 g/mol. The lowest BCUT2D eigenvalue weighted by Crippen LogP contribution is -2.15. The molecule has 3 heteroatoms. The van der Waals surface area contributed by atoms with Crippen LogP contribution in [-0.2, 0) is 0 Å². The molecule has 1 aromatic rings. The van der Waals surface area contributed by atoms with Gasteiger partial charge in [-0.2, -0.15) is 0 Å². The predicted octanol–water partition coefficient (Wildman–Crippen LogP) is 3.94. The molecule has 1 unspecified atom stereocenters. The highest BCUT2D eigenvalue weighted by Crippen LogP contribution is 2.25. The van der Waals surface area contributed by atoms with Crippen molar-refractivity contribution in [2.24, 2.45) is 0 Å². The number of nitrogens with one attached hydrogen (secondary N) is 1. The molecule has 0 heterocycles. The van der Waals surface area contributed by atoms with Crippen LogP contribution < -0.4 is 5.32 Å². The first-order valence-electron chi connectivity index (χ1n) is 4.41. The second-order valence-corrected chi connectivity index (χ2v) is 4.42. The van der Waals surface area contributed by atoms with Gasteiger partial charge < -0.3 is 5.32 Å². The molecule has 1 rings (SSSR count). The Bertz CT molecular complexity index is 305. The number of halogens is 2. The van der Waals surface area contributed by atoms with Crippen LogP contribution in [0.4, 0.5) is 0 Å². The van der Waals surface area contributed by atoms with E-state index in [0.29, 0.717) is 0 Å². The second kappa shape index (κ2) is 5.54. The summed E-state index contributed by atoms with van der Waals surface area (Å²) in [6.45, 7) is 3.73. The average molecular weight is 275 g/mol. The van der Waals surface area contributed by atoms with Gasteiger partial charge >= 0.3 is 0 Å². The van der Waals surface area contributed by atoms with Crippen LogP contribution in [0.25, 0.3) is 0 Å². The van der Waals surface area contributed by atoms with Crippen LogP contribution >= 0.6 is 27.5 Å². The Hall–Kier alpha value is -0.310. The highest BCUT2D eigenvalue weighted by Gasteiger charge is 2.08. The summed E-state index contributed by atoms with van der Waals surface area (Å²) in [4.78, 5) is 0. The molecule has 14 heavy (non-hydrogen) atoms. The Morgan fingerprint density at radius 2 is 2.29 bits per heavy atom. The van der Waals surface area contributed by atoms with E-state index >= 15 is 0 Å². The minimum absolute atomic E-state index is 0.280. The average Bonchev–Trinajstić information content (AvgIpc) is 2.12. The first kappa shape index (κ1) is 11.8. The summed E-state index contributed by atoms with van der Waals surface area (Å²) in [5, 5.41) is 3.97. The van der Waals surface area contributed by atoms with Crippen molar-refractivity contribution < 1.29 is 0 Å². The summed E-state index contributed by atoms with van der Waals surface area (Å²) in [5.41, 5.74) is 1.17. The van der Waals surface area contributed by atoms with Gasteiger partial charge in [0.2, 0.25) is 0 Å². The molecular formula is C11H13BrClN. The summed E-state index contributed by atoms with van der Waals surface area (Å²) in [5.74, 6) is 0. The van der Waals surface area contributed by atoms with E-state index in [1.807, 2.05) is 25.3 Å². The van der Waals surface area contributed by atoms with Gasteiger partial charge in [-0.15, -0.1) is 6.58 Å². The molecule has 0 saturated heterocycles. The molecule has 0 spiro atoms. The fraction of sp³-hybridized carbons (Fsp3) is 0.273. The minimum Gasteiger partial charge on any atom is -0.313 e. The SMILES string of the molecule is C=CCC(NC)c1cc(Cl)cc(Br)c1. The maximum atomic E-state index is 5.97. The van der Waals surface area contributed by atoms with Crippen molar-refractivity contribution in [1.82, 2.24) is 5.32 Å². The lowest BCUT2D eigenvalue weighted by molar-refractivity contribution is 0.603. The van der Waals surface area contributed by atoms with Crippen molar-refractivity contribution in [3.8, 4) is 0 Å². The first-order chi connectivity index (χ1) is 6.67. The molecule has 1 N–H and O–H groups in total. The van der Waals surface area contributed by atoms with E-state index in [9.17, 15) is 0 Å². The van der Waals surface area contributed by atoms with E-state index in [-0.39, 0.29) is 6.04 Å². The van der Waals surface area contributed by atoms with E-state index in [0.717, 1.165) is 15.9 Å². The van der Waals surface area contributed by atoms with E-state index in [2.05, 4.69) is 33.9 Å². The molecule has 1 aromatic carbocycles. The number of benzene rings is 1. The minimum atomic E-state index is 0.280. The van der Waals surface area contributed by atoms with Crippen LogP contribution in [-0.4, -0.2) is 7.05 Å². The van der Waals surface area contributed by atoms with Gasteiger partial charge in [-0.05, 0) is 37.2 Å². The van der Waals surface area contributed by atoms with Crippen molar-refractivity contribution in [1.29, 1.82) is 0 Å². The molecule has 1 atom stereocenters. The van der Waals surface area contributed by atoms with Crippen molar-refractivity contribution in [3.63, 3.8) is 0 Å². The third kappa shape index (κ3) is 3.12. The predicted molar refractivity (Wildman–Crippen MR) is 65.8 cm³/mol. The maximum Gasteiger partial charge on any atom is 0.0420 e. The molecule has 76 valence electrons. The zero-order valence-corrected chi connectivity index (χ0v) is 10.4. The summed E-state index contributed by atoms with van der Waals surface area (Å²) in [6, 6.07) is 6.20. The van der Waals surface area contributed by atoms with Crippen molar-refractivity contribution in [3.05, 3.63) is 45.9 Å². The smallest absolute Gasteiger partial charge is 0.0420 e. The fourth-order valence-electron chi connectivity index (χ4n) is 1.36. The normalized spacial score (nSPS) is 12.5. The van der Waals surface area contributed by atoms with Crippen LogP contribution in [0.2, 0.25) is 5.02 Å². The lowest BCUT2D eigenvalue weighted by Gasteiger charge is -2.15. The molecule has 0 aliphatic heterocycles. The van der Waals surface area contributed by atoms with Crippen LogP contribution in [0.1, 0.15) is 18.0 Å². The highest BCUT2D eigenvalue weighted by molar-refractivity contribution is 9.10. The Labute approximate surface area is 98.3 Å². The van der Waals surface area contributed by atoms with Gasteiger partial charge in [-0.1, -0.05) is 33.6 Å². The van der Waals surface area contributed by atoms with Crippen LogP contribution in [0.15, 0.2) is 35.3 Å². The summed E-state index contributed by atoms with van der Waals surface area (Å²) in [7, 11) is 1.93. The van der Waals surface area contributed by atoms with Crippen LogP contribution in [0.3, 0.4) is 0 Å². The Morgan fingerprint density at radius 3 is 2.79 bits per heavy atom. The molecule has 0 aliphatic carbocycles. The molecule has 0 aliphatic rings. The summed E-state index contributed by atoms with van der Waals surface area (Å²) < 4.78 is 1.00. The molecule has 1 nitrogen and oxygen atoms in total. The standard InChI is InChI=1S/C11H13BrClN/c1-3-4-11(14-2)8-5-9(12)7-10(13)6-8/h3,5-7,11,14H,1,4H2,2H3. The van der Waals surface area contributed by atoms with Gasteiger partial charge in [0.25, 0.3) is 0 Å². The Balaban J connectivity index is 2.96. The van der Waals surface area contributed by atoms with E-state index in [1.54, 1.807) is 0 Å². The highest BCUT2D eigenvalue weighted by atomic mass is 79.9. The molecule has 0 amide bonds. The number of hydrogen-bond donors (Lipinski definition) is 1. The topological polar surface area (TPSA) is 12.0 Å². The van der Waals surface area contributed by atoms with E-state index in [4.69, 9.17) is 11.6 Å².